The van der Waals surface area contributed by atoms with E-state index >= 15 is 0 Å². The molecule has 138 valence electrons. The number of ether oxygens (including phenoxy) is 4. The van der Waals surface area contributed by atoms with Crippen LogP contribution in [0.1, 0.15) is 26.2 Å². The highest BCUT2D eigenvalue weighted by atomic mass is 16.7. The summed E-state index contributed by atoms with van der Waals surface area (Å²) in [5.41, 5.74) is 0. The number of carbonyl (C=O) groups excluding carboxylic acids is 1. The molecule has 2 aliphatic rings. The van der Waals surface area contributed by atoms with E-state index in [1.54, 1.807) is 0 Å². The van der Waals surface area contributed by atoms with E-state index in [-0.39, 0.29) is 18.8 Å². The van der Waals surface area contributed by atoms with Gasteiger partial charge in [-0.25, -0.2) is 0 Å². The molecule has 25 heavy (non-hydrogen) atoms. The van der Waals surface area contributed by atoms with Crippen LogP contribution in [0.5, 0.6) is 11.5 Å². The molecule has 1 amide bonds. The van der Waals surface area contributed by atoms with Gasteiger partial charge in [0.15, 0.2) is 12.9 Å². The molecule has 2 fully saturated rings. The number of carbonyl (C=O) groups is 1. The predicted molar refractivity (Wildman–Crippen MR) is 92.7 cm³/mol. The van der Waals surface area contributed by atoms with Gasteiger partial charge in [0.2, 0.25) is 0 Å². The van der Waals surface area contributed by atoms with E-state index in [0.29, 0.717) is 31.5 Å². The Kier molecular flexibility index (Phi) is 6.53. The first-order valence-corrected chi connectivity index (χ1v) is 9.13. The van der Waals surface area contributed by atoms with E-state index in [9.17, 15) is 4.79 Å². The van der Waals surface area contributed by atoms with Gasteiger partial charge in [0.1, 0.15) is 11.5 Å². The van der Waals surface area contributed by atoms with E-state index in [0.717, 1.165) is 38.1 Å². The summed E-state index contributed by atoms with van der Waals surface area (Å²) in [6.45, 7) is 5.67. The van der Waals surface area contributed by atoms with Gasteiger partial charge in [-0.15, -0.1) is 0 Å². The molecule has 0 N–H and O–H groups in total. The number of nitrogens with zero attached hydrogens (tertiary/aromatic N) is 1. The predicted octanol–water partition coefficient (Wildman–Crippen LogP) is 2.47. The second-order valence-electron chi connectivity index (χ2n) is 6.44. The van der Waals surface area contributed by atoms with Crippen molar-refractivity contribution in [2.75, 3.05) is 39.5 Å². The molecule has 1 aromatic carbocycles. The molecule has 0 aliphatic carbocycles. The van der Waals surface area contributed by atoms with Crippen molar-refractivity contribution in [3.8, 4) is 11.5 Å². The minimum Gasteiger partial charge on any atom is -0.494 e. The quantitative estimate of drug-likeness (QED) is 0.757. The van der Waals surface area contributed by atoms with Crippen molar-refractivity contribution in [2.24, 2.45) is 5.92 Å². The van der Waals surface area contributed by atoms with Crippen LogP contribution in [0.2, 0.25) is 0 Å². The Morgan fingerprint density at radius 1 is 1.08 bits per heavy atom. The topological polar surface area (TPSA) is 57.2 Å². The van der Waals surface area contributed by atoms with E-state index < -0.39 is 0 Å². The number of benzene rings is 1. The van der Waals surface area contributed by atoms with Gasteiger partial charge in [-0.2, -0.15) is 0 Å². The maximum Gasteiger partial charge on any atom is 0.260 e. The van der Waals surface area contributed by atoms with Gasteiger partial charge >= 0.3 is 0 Å². The summed E-state index contributed by atoms with van der Waals surface area (Å²) < 4.78 is 22.3. The fraction of sp³-hybridized carbons (Fsp3) is 0.632. The zero-order chi connectivity index (χ0) is 17.5. The Morgan fingerprint density at radius 3 is 2.28 bits per heavy atom. The van der Waals surface area contributed by atoms with Gasteiger partial charge in [-0.1, -0.05) is 6.92 Å². The Morgan fingerprint density at radius 2 is 1.68 bits per heavy atom. The Labute approximate surface area is 149 Å². The summed E-state index contributed by atoms with van der Waals surface area (Å²) in [5.74, 6) is 1.92. The smallest absolute Gasteiger partial charge is 0.260 e. The van der Waals surface area contributed by atoms with Crippen molar-refractivity contribution in [1.82, 2.24) is 4.90 Å². The third-order valence-corrected chi connectivity index (χ3v) is 4.58. The summed E-state index contributed by atoms with van der Waals surface area (Å²) in [6.07, 6.45) is 2.73. The zero-order valence-corrected chi connectivity index (χ0v) is 14.8. The third kappa shape index (κ3) is 5.09. The first-order valence-electron chi connectivity index (χ1n) is 9.13. The molecule has 0 unspecified atom stereocenters. The fourth-order valence-electron chi connectivity index (χ4n) is 3.16. The zero-order valence-electron chi connectivity index (χ0n) is 14.8. The highest BCUT2D eigenvalue weighted by molar-refractivity contribution is 5.77. The van der Waals surface area contributed by atoms with Crippen LogP contribution in [-0.4, -0.2) is 56.6 Å². The second-order valence-corrected chi connectivity index (χ2v) is 6.44. The van der Waals surface area contributed by atoms with Gasteiger partial charge < -0.3 is 23.8 Å². The van der Waals surface area contributed by atoms with Gasteiger partial charge in [-0.3, -0.25) is 4.79 Å². The minimum absolute atomic E-state index is 0.0259. The first kappa shape index (κ1) is 18.0. The monoisotopic (exact) mass is 349 g/mol. The molecule has 3 rings (SSSR count). The highest BCUT2D eigenvalue weighted by Crippen LogP contribution is 2.26. The van der Waals surface area contributed by atoms with Crippen LogP contribution in [0.3, 0.4) is 0 Å². The lowest BCUT2D eigenvalue weighted by atomic mass is 9.96. The number of hydrogen-bond acceptors (Lipinski definition) is 5. The average molecular weight is 349 g/mol. The summed E-state index contributed by atoms with van der Waals surface area (Å²) >= 11 is 0. The third-order valence-electron chi connectivity index (χ3n) is 4.58. The molecule has 0 saturated carbocycles. The first-order chi connectivity index (χ1) is 12.3. The maximum absolute atomic E-state index is 12.3. The minimum atomic E-state index is -0.0815. The number of amides is 1. The van der Waals surface area contributed by atoms with Crippen LogP contribution >= 0.6 is 0 Å². The SMILES string of the molecule is CCCOc1ccc(OCC(=O)N2CCC(C3OCCO3)CC2)cc1. The van der Waals surface area contributed by atoms with Gasteiger partial charge in [0, 0.05) is 19.0 Å². The van der Waals surface area contributed by atoms with Crippen LogP contribution in [0.25, 0.3) is 0 Å². The molecule has 0 radical (unpaired) electrons. The van der Waals surface area contributed by atoms with E-state index in [1.807, 2.05) is 29.2 Å². The average Bonchev–Trinajstić information content (AvgIpc) is 3.20. The summed E-state index contributed by atoms with van der Waals surface area (Å²) in [5, 5.41) is 0. The number of hydrogen-bond donors (Lipinski definition) is 0. The Balaban J connectivity index is 1.39. The second kappa shape index (κ2) is 9.06. The van der Waals surface area contributed by atoms with Crippen molar-refractivity contribution >= 4 is 5.91 Å². The molecule has 0 atom stereocenters. The maximum atomic E-state index is 12.3. The Bertz CT molecular complexity index is 533. The van der Waals surface area contributed by atoms with Crippen LogP contribution in [-0.2, 0) is 14.3 Å². The van der Waals surface area contributed by atoms with E-state index in [2.05, 4.69) is 6.92 Å². The molecule has 6 heteroatoms. The normalized spacial score (nSPS) is 19.2. The van der Waals surface area contributed by atoms with Crippen molar-refractivity contribution in [2.45, 2.75) is 32.5 Å². The molecular formula is C19H27NO5. The van der Waals surface area contributed by atoms with Crippen molar-refractivity contribution in [1.29, 1.82) is 0 Å². The van der Waals surface area contributed by atoms with Crippen LogP contribution < -0.4 is 9.47 Å². The molecule has 2 saturated heterocycles. The van der Waals surface area contributed by atoms with Crippen LogP contribution in [0.15, 0.2) is 24.3 Å². The number of rotatable bonds is 7. The van der Waals surface area contributed by atoms with Gasteiger partial charge in [0.25, 0.3) is 5.91 Å². The molecule has 2 heterocycles. The van der Waals surface area contributed by atoms with Crippen molar-refractivity contribution < 1.29 is 23.7 Å². The number of piperidine rings is 1. The largest absolute Gasteiger partial charge is 0.494 e. The summed E-state index contributed by atoms with van der Waals surface area (Å²) in [6, 6.07) is 7.39. The van der Waals surface area contributed by atoms with Gasteiger partial charge in [-0.05, 0) is 43.5 Å². The molecular weight excluding hydrogens is 322 g/mol. The van der Waals surface area contributed by atoms with E-state index in [1.165, 1.54) is 0 Å². The molecule has 0 bridgehead atoms. The summed E-state index contributed by atoms with van der Waals surface area (Å²) in [4.78, 5) is 14.2. The van der Waals surface area contributed by atoms with Gasteiger partial charge in [0.05, 0.1) is 19.8 Å². The molecule has 0 aromatic heterocycles. The lowest BCUT2D eigenvalue weighted by molar-refractivity contribution is -0.138. The summed E-state index contributed by atoms with van der Waals surface area (Å²) in [7, 11) is 0. The standard InChI is InChI=1S/C19H27NO5/c1-2-11-22-16-3-5-17(6-4-16)25-14-18(21)20-9-7-15(8-10-20)19-23-12-13-24-19/h3-6,15,19H,2,7-14H2,1H3. The molecule has 2 aliphatic heterocycles. The van der Waals surface area contributed by atoms with E-state index in [4.69, 9.17) is 18.9 Å². The fourth-order valence-corrected chi connectivity index (χ4v) is 3.16. The highest BCUT2D eigenvalue weighted by Gasteiger charge is 2.31. The Hall–Kier alpha value is -1.79. The van der Waals surface area contributed by atoms with Crippen molar-refractivity contribution in [3.63, 3.8) is 0 Å². The van der Waals surface area contributed by atoms with Crippen LogP contribution in [0.4, 0.5) is 0 Å². The lowest BCUT2D eigenvalue weighted by Gasteiger charge is -2.33. The van der Waals surface area contributed by atoms with Crippen LogP contribution in [0, 0.1) is 5.92 Å². The molecule has 6 nitrogen and oxygen atoms in total. The van der Waals surface area contributed by atoms with Crippen molar-refractivity contribution in [3.05, 3.63) is 24.3 Å². The lowest BCUT2D eigenvalue weighted by Crippen LogP contribution is -2.43. The molecule has 0 spiro atoms. The molecule has 1 aromatic rings. The number of likely N-dealkylation sites (tertiary alicyclic amines) is 1.